The average Bonchev–Trinajstić information content (AvgIpc) is 2.41. The maximum atomic E-state index is 13.3. The van der Waals surface area contributed by atoms with Gasteiger partial charge in [-0.2, -0.15) is 0 Å². The fourth-order valence-corrected chi connectivity index (χ4v) is 2.83. The second-order valence-corrected chi connectivity index (χ2v) is 5.86. The highest BCUT2D eigenvalue weighted by atomic mass is 32.1. The van der Waals surface area contributed by atoms with Crippen LogP contribution in [0.5, 0.6) is 0 Å². The summed E-state index contributed by atoms with van der Waals surface area (Å²) < 4.78 is 18.6. The predicted octanol–water partition coefficient (Wildman–Crippen LogP) is 2.32. The van der Waals surface area contributed by atoms with Crippen LogP contribution in [0.25, 0.3) is 0 Å². The number of nitrogens with two attached hydrogens (primary N) is 1. The van der Waals surface area contributed by atoms with Crippen molar-refractivity contribution in [1.82, 2.24) is 4.90 Å². The molecule has 0 aromatic heterocycles. The van der Waals surface area contributed by atoms with Crippen LogP contribution in [-0.4, -0.2) is 36.7 Å². The van der Waals surface area contributed by atoms with Crippen LogP contribution in [0.3, 0.4) is 0 Å². The van der Waals surface area contributed by atoms with E-state index in [1.807, 2.05) is 0 Å². The van der Waals surface area contributed by atoms with Gasteiger partial charge in [-0.15, -0.1) is 0 Å². The van der Waals surface area contributed by atoms with Crippen molar-refractivity contribution in [2.45, 2.75) is 19.4 Å². The molecule has 0 bridgehead atoms. The minimum Gasteiger partial charge on any atom is -0.389 e. The molecular weight excluding hydrogens is 275 g/mol. The maximum absolute atomic E-state index is 13.3. The summed E-state index contributed by atoms with van der Waals surface area (Å²) in [5.74, 6) is 0.367. The molecule has 2 rings (SSSR count). The number of thiocarbonyl (C=S) groups is 1. The predicted molar refractivity (Wildman–Crippen MR) is 82.2 cm³/mol. The first-order valence-corrected chi connectivity index (χ1v) is 7.31. The molecule has 1 aromatic rings. The third-order valence-electron chi connectivity index (χ3n) is 3.69. The van der Waals surface area contributed by atoms with Gasteiger partial charge in [-0.25, -0.2) is 4.39 Å². The molecule has 1 aliphatic rings. The lowest BCUT2D eigenvalue weighted by Gasteiger charge is -2.27. The number of nitrogens with zero attached hydrogens (tertiary/aromatic N) is 1. The summed E-state index contributed by atoms with van der Waals surface area (Å²) in [5, 5.41) is 0. The Bertz CT molecular complexity index is 475. The lowest BCUT2D eigenvalue weighted by Crippen LogP contribution is -2.30. The van der Waals surface area contributed by atoms with Crippen LogP contribution in [0.2, 0.25) is 0 Å². The normalized spacial score (nSPS) is 16.6. The molecule has 0 spiro atoms. The molecule has 110 valence electrons. The largest absolute Gasteiger partial charge is 0.389 e. The zero-order valence-electron chi connectivity index (χ0n) is 11.8. The van der Waals surface area contributed by atoms with Crippen molar-refractivity contribution in [2.75, 3.05) is 26.8 Å². The summed E-state index contributed by atoms with van der Waals surface area (Å²) in [6.45, 7) is 3.45. The fraction of sp³-hybridized carbons (Fsp3) is 0.533. The van der Waals surface area contributed by atoms with Gasteiger partial charge in [0.2, 0.25) is 0 Å². The minimum atomic E-state index is -0.302. The van der Waals surface area contributed by atoms with E-state index in [-0.39, 0.29) is 10.8 Å². The van der Waals surface area contributed by atoms with E-state index in [0.29, 0.717) is 11.5 Å². The van der Waals surface area contributed by atoms with Gasteiger partial charge in [0.1, 0.15) is 10.8 Å². The van der Waals surface area contributed by atoms with E-state index in [4.69, 9.17) is 22.7 Å². The van der Waals surface area contributed by atoms with Crippen LogP contribution in [0.1, 0.15) is 24.0 Å². The van der Waals surface area contributed by atoms with Gasteiger partial charge in [-0.3, -0.25) is 0 Å². The van der Waals surface area contributed by atoms with Gasteiger partial charge < -0.3 is 15.4 Å². The molecular formula is C15H21FN2OS. The highest BCUT2D eigenvalue weighted by Crippen LogP contribution is 2.18. The molecule has 1 aromatic carbocycles. The molecule has 1 aliphatic heterocycles. The van der Waals surface area contributed by atoms with Crippen molar-refractivity contribution < 1.29 is 9.13 Å². The molecule has 2 N–H and O–H groups in total. The van der Waals surface area contributed by atoms with Gasteiger partial charge in [0.15, 0.2) is 0 Å². The van der Waals surface area contributed by atoms with Crippen LogP contribution in [-0.2, 0) is 11.3 Å². The van der Waals surface area contributed by atoms with Crippen LogP contribution >= 0.6 is 12.2 Å². The SMILES string of the molecule is CN(Cc1ccc(F)cc1C(N)=S)CC1CCOCC1. The van der Waals surface area contributed by atoms with Gasteiger partial charge in [0, 0.05) is 31.9 Å². The smallest absolute Gasteiger partial charge is 0.123 e. The number of halogens is 1. The van der Waals surface area contributed by atoms with Crippen LogP contribution in [0.15, 0.2) is 18.2 Å². The molecule has 0 amide bonds. The first kappa shape index (κ1) is 15.4. The second kappa shape index (κ2) is 7.11. The van der Waals surface area contributed by atoms with Gasteiger partial charge >= 0.3 is 0 Å². The standard InChI is InChI=1S/C15H21FN2OS/c1-18(9-11-4-6-19-7-5-11)10-12-2-3-13(16)8-14(12)15(17)20/h2-3,8,11H,4-7,9-10H2,1H3,(H2,17,20). The lowest BCUT2D eigenvalue weighted by molar-refractivity contribution is 0.0549. The third kappa shape index (κ3) is 4.23. The summed E-state index contributed by atoms with van der Waals surface area (Å²) in [6.07, 6.45) is 2.21. The van der Waals surface area contributed by atoms with Crippen LogP contribution in [0, 0.1) is 11.7 Å². The topological polar surface area (TPSA) is 38.5 Å². The zero-order valence-corrected chi connectivity index (χ0v) is 12.6. The van der Waals surface area contributed by atoms with Crippen LogP contribution in [0.4, 0.5) is 4.39 Å². The van der Waals surface area contributed by atoms with Crippen molar-refractivity contribution in [3.05, 3.63) is 35.1 Å². The fourth-order valence-electron chi connectivity index (χ4n) is 2.64. The Labute approximate surface area is 124 Å². The van der Waals surface area contributed by atoms with Crippen molar-refractivity contribution in [3.63, 3.8) is 0 Å². The van der Waals surface area contributed by atoms with Gasteiger partial charge in [-0.05, 0) is 43.5 Å². The number of hydrogen-bond donors (Lipinski definition) is 1. The van der Waals surface area contributed by atoms with E-state index >= 15 is 0 Å². The molecule has 5 heteroatoms. The number of hydrogen-bond acceptors (Lipinski definition) is 3. The van der Waals surface area contributed by atoms with Gasteiger partial charge in [-0.1, -0.05) is 18.3 Å². The molecule has 0 atom stereocenters. The van der Waals surface area contributed by atoms with E-state index < -0.39 is 0 Å². The maximum Gasteiger partial charge on any atom is 0.123 e. The van der Waals surface area contributed by atoms with E-state index in [9.17, 15) is 4.39 Å². The Morgan fingerprint density at radius 1 is 1.45 bits per heavy atom. The third-order valence-corrected chi connectivity index (χ3v) is 3.91. The minimum absolute atomic E-state index is 0.249. The molecule has 1 fully saturated rings. The van der Waals surface area contributed by atoms with E-state index in [1.165, 1.54) is 12.1 Å². The first-order chi connectivity index (χ1) is 9.56. The van der Waals surface area contributed by atoms with Gasteiger partial charge in [0.25, 0.3) is 0 Å². The van der Waals surface area contributed by atoms with E-state index in [1.54, 1.807) is 6.07 Å². The molecule has 20 heavy (non-hydrogen) atoms. The first-order valence-electron chi connectivity index (χ1n) is 6.91. The molecule has 0 radical (unpaired) electrons. The highest BCUT2D eigenvalue weighted by molar-refractivity contribution is 7.80. The van der Waals surface area contributed by atoms with Gasteiger partial charge in [0.05, 0.1) is 0 Å². The van der Waals surface area contributed by atoms with Crippen molar-refractivity contribution in [2.24, 2.45) is 11.7 Å². The summed E-state index contributed by atoms with van der Waals surface area (Å²) in [5.41, 5.74) is 7.29. The Kier molecular flexibility index (Phi) is 5.46. The average molecular weight is 296 g/mol. The summed E-state index contributed by atoms with van der Waals surface area (Å²) >= 11 is 5.00. The molecule has 0 saturated carbocycles. The van der Waals surface area contributed by atoms with Crippen molar-refractivity contribution >= 4 is 17.2 Å². The highest BCUT2D eigenvalue weighted by Gasteiger charge is 2.17. The lowest BCUT2D eigenvalue weighted by atomic mass is 9.99. The molecule has 3 nitrogen and oxygen atoms in total. The van der Waals surface area contributed by atoms with E-state index in [0.717, 1.165) is 44.7 Å². The number of benzene rings is 1. The van der Waals surface area contributed by atoms with Crippen LogP contribution < -0.4 is 5.73 Å². The van der Waals surface area contributed by atoms with Crippen molar-refractivity contribution in [1.29, 1.82) is 0 Å². The monoisotopic (exact) mass is 296 g/mol. The Hall–Kier alpha value is -1.04. The molecule has 0 aliphatic carbocycles. The second-order valence-electron chi connectivity index (χ2n) is 5.42. The Balaban J connectivity index is 1.99. The summed E-state index contributed by atoms with van der Waals surface area (Å²) in [4.78, 5) is 2.49. The number of rotatable bonds is 5. The Morgan fingerprint density at radius 3 is 2.80 bits per heavy atom. The number of ether oxygens (including phenoxy) is 1. The molecule has 0 unspecified atom stereocenters. The quantitative estimate of drug-likeness (QED) is 0.846. The summed E-state index contributed by atoms with van der Waals surface area (Å²) in [7, 11) is 2.07. The summed E-state index contributed by atoms with van der Waals surface area (Å²) in [6, 6.07) is 4.64. The molecule has 1 heterocycles. The zero-order chi connectivity index (χ0) is 14.5. The van der Waals surface area contributed by atoms with Crippen molar-refractivity contribution in [3.8, 4) is 0 Å². The molecule has 1 saturated heterocycles. The Morgan fingerprint density at radius 2 is 2.15 bits per heavy atom. The van der Waals surface area contributed by atoms with E-state index in [2.05, 4.69) is 11.9 Å².